The first-order valence-electron chi connectivity index (χ1n) is 7.12. The Balaban J connectivity index is 2.81. The molecule has 0 fully saturated rings. The minimum absolute atomic E-state index is 0.157. The van der Waals surface area contributed by atoms with E-state index in [9.17, 15) is 4.79 Å². The predicted octanol–water partition coefficient (Wildman–Crippen LogP) is 3.48. The maximum absolute atomic E-state index is 11.4. The Morgan fingerprint density at radius 2 is 2.11 bits per heavy atom. The molecule has 0 saturated carbocycles. The zero-order valence-electron chi connectivity index (χ0n) is 12.2. The molecule has 0 saturated heterocycles. The zero-order valence-corrected chi connectivity index (χ0v) is 12.2. The molecule has 0 spiro atoms. The lowest BCUT2D eigenvalue weighted by Gasteiger charge is -2.21. The topological polar surface area (TPSA) is 52.3 Å². The van der Waals surface area contributed by atoms with Crippen LogP contribution in [-0.4, -0.2) is 12.5 Å². The van der Waals surface area contributed by atoms with Crippen molar-refractivity contribution in [1.29, 1.82) is 0 Å². The molecule has 0 bridgehead atoms. The summed E-state index contributed by atoms with van der Waals surface area (Å²) in [6.45, 7) is 6.85. The standard InChI is InChI=1S/C16H25NO2/c1-4-6-10-19-14-9-7-8-13(11-14)15(5-2)12(3)16(17)18/h7-9,11-12,15H,4-6,10H2,1-3H3,(H2,17,18)/t12-,15-/m1/s1. The molecule has 1 aromatic rings. The van der Waals surface area contributed by atoms with Crippen LogP contribution in [0.15, 0.2) is 24.3 Å². The Hall–Kier alpha value is -1.51. The van der Waals surface area contributed by atoms with Crippen LogP contribution in [0.25, 0.3) is 0 Å². The summed E-state index contributed by atoms with van der Waals surface area (Å²) in [7, 11) is 0. The number of benzene rings is 1. The van der Waals surface area contributed by atoms with Gasteiger partial charge in [-0.25, -0.2) is 0 Å². The van der Waals surface area contributed by atoms with Gasteiger partial charge in [-0.3, -0.25) is 4.79 Å². The van der Waals surface area contributed by atoms with E-state index in [-0.39, 0.29) is 17.7 Å². The summed E-state index contributed by atoms with van der Waals surface area (Å²) in [5.74, 6) is 0.633. The maximum atomic E-state index is 11.4. The Bertz CT molecular complexity index is 403. The largest absolute Gasteiger partial charge is 0.494 e. The molecule has 0 aliphatic rings. The molecule has 106 valence electrons. The number of unbranched alkanes of at least 4 members (excludes halogenated alkanes) is 1. The first-order chi connectivity index (χ1) is 9.10. The smallest absolute Gasteiger partial charge is 0.220 e. The molecular weight excluding hydrogens is 238 g/mol. The lowest BCUT2D eigenvalue weighted by Crippen LogP contribution is -2.26. The second-order valence-electron chi connectivity index (χ2n) is 4.98. The van der Waals surface area contributed by atoms with Gasteiger partial charge in [0.2, 0.25) is 5.91 Å². The van der Waals surface area contributed by atoms with Gasteiger partial charge in [0, 0.05) is 5.92 Å². The van der Waals surface area contributed by atoms with Gasteiger partial charge in [0.1, 0.15) is 5.75 Å². The lowest BCUT2D eigenvalue weighted by atomic mass is 9.85. The van der Waals surface area contributed by atoms with Crippen molar-refractivity contribution in [2.24, 2.45) is 11.7 Å². The monoisotopic (exact) mass is 263 g/mol. The van der Waals surface area contributed by atoms with Crippen LogP contribution in [0.4, 0.5) is 0 Å². The molecule has 3 nitrogen and oxygen atoms in total. The van der Waals surface area contributed by atoms with E-state index in [0.717, 1.165) is 37.2 Å². The van der Waals surface area contributed by atoms with Crippen molar-refractivity contribution in [2.75, 3.05) is 6.61 Å². The van der Waals surface area contributed by atoms with Gasteiger partial charge in [0.05, 0.1) is 6.61 Å². The van der Waals surface area contributed by atoms with Gasteiger partial charge in [-0.1, -0.05) is 39.3 Å². The third kappa shape index (κ3) is 4.58. The SMILES string of the molecule is CCCCOc1cccc([C@H](CC)[C@@H](C)C(N)=O)c1. The van der Waals surface area contributed by atoms with E-state index >= 15 is 0 Å². The Kier molecular flexibility index (Phi) is 6.40. The van der Waals surface area contributed by atoms with Crippen molar-refractivity contribution in [3.05, 3.63) is 29.8 Å². The Morgan fingerprint density at radius 3 is 2.68 bits per heavy atom. The summed E-state index contributed by atoms with van der Waals surface area (Å²) < 4.78 is 5.71. The van der Waals surface area contributed by atoms with Gasteiger partial charge in [-0.15, -0.1) is 0 Å². The minimum Gasteiger partial charge on any atom is -0.494 e. The van der Waals surface area contributed by atoms with E-state index in [2.05, 4.69) is 13.8 Å². The number of hydrogen-bond donors (Lipinski definition) is 1. The molecule has 1 rings (SSSR count). The number of nitrogens with two attached hydrogens (primary N) is 1. The van der Waals surface area contributed by atoms with E-state index < -0.39 is 0 Å². The number of carbonyl (C=O) groups is 1. The summed E-state index contributed by atoms with van der Waals surface area (Å²) in [4.78, 5) is 11.4. The summed E-state index contributed by atoms with van der Waals surface area (Å²) in [6, 6.07) is 8.01. The zero-order chi connectivity index (χ0) is 14.3. The Morgan fingerprint density at radius 1 is 1.37 bits per heavy atom. The molecule has 1 amide bonds. The third-order valence-corrected chi connectivity index (χ3v) is 3.55. The van der Waals surface area contributed by atoms with Gasteiger partial charge in [-0.05, 0) is 36.5 Å². The average molecular weight is 263 g/mol. The van der Waals surface area contributed by atoms with Gasteiger partial charge >= 0.3 is 0 Å². The van der Waals surface area contributed by atoms with Crippen LogP contribution < -0.4 is 10.5 Å². The van der Waals surface area contributed by atoms with Crippen LogP contribution in [-0.2, 0) is 4.79 Å². The molecule has 0 unspecified atom stereocenters. The van der Waals surface area contributed by atoms with Gasteiger partial charge in [0.25, 0.3) is 0 Å². The summed E-state index contributed by atoms with van der Waals surface area (Å²) in [5, 5.41) is 0. The molecule has 19 heavy (non-hydrogen) atoms. The quantitative estimate of drug-likeness (QED) is 0.730. The van der Waals surface area contributed by atoms with E-state index in [4.69, 9.17) is 10.5 Å². The van der Waals surface area contributed by atoms with Crippen LogP contribution in [0.2, 0.25) is 0 Å². The highest BCUT2D eigenvalue weighted by Gasteiger charge is 2.22. The highest BCUT2D eigenvalue weighted by molar-refractivity contribution is 5.77. The van der Waals surface area contributed by atoms with E-state index in [1.165, 1.54) is 0 Å². The second-order valence-corrected chi connectivity index (χ2v) is 4.98. The van der Waals surface area contributed by atoms with E-state index in [0.29, 0.717) is 0 Å². The fourth-order valence-corrected chi connectivity index (χ4v) is 2.25. The third-order valence-electron chi connectivity index (χ3n) is 3.55. The molecule has 1 aromatic carbocycles. The normalized spacial score (nSPS) is 13.8. The number of primary amides is 1. The van der Waals surface area contributed by atoms with Gasteiger partial charge in [0.15, 0.2) is 0 Å². The van der Waals surface area contributed by atoms with Gasteiger partial charge in [-0.2, -0.15) is 0 Å². The molecule has 2 N–H and O–H groups in total. The molecule has 0 heterocycles. The number of amides is 1. The minimum atomic E-state index is -0.246. The lowest BCUT2D eigenvalue weighted by molar-refractivity contribution is -0.122. The molecule has 3 heteroatoms. The highest BCUT2D eigenvalue weighted by Crippen LogP contribution is 2.30. The van der Waals surface area contributed by atoms with Crippen LogP contribution in [0, 0.1) is 5.92 Å². The van der Waals surface area contributed by atoms with Crippen molar-refractivity contribution in [3.8, 4) is 5.75 Å². The van der Waals surface area contributed by atoms with Gasteiger partial charge < -0.3 is 10.5 Å². The molecule has 0 aliphatic heterocycles. The molecule has 0 radical (unpaired) electrons. The highest BCUT2D eigenvalue weighted by atomic mass is 16.5. The summed E-state index contributed by atoms with van der Waals surface area (Å²) in [5.41, 5.74) is 6.54. The first-order valence-corrected chi connectivity index (χ1v) is 7.12. The summed E-state index contributed by atoms with van der Waals surface area (Å²) in [6.07, 6.45) is 3.07. The van der Waals surface area contributed by atoms with Crippen molar-refractivity contribution in [1.82, 2.24) is 0 Å². The molecule has 0 aromatic heterocycles. The fraction of sp³-hybridized carbons (Fsp3) is 0.562. The van der Waals surface area contributed by atoms with Crippen molar-refractivity contribution in [3.63, 3.8) is 0 Å². The fourth-order valence-electron chi connectivity index (χ4n) is 2.25. The predicted molar refractivity (Wildman–Crippen MR) is 78.2 cm³/mol. The molecule has 0 aliphatic carbocycles. The maximum Gasteiger partial charge on any atom is 0.220 e. The van der Waals surface area contributed by atoms with E-state index in [1.807, 2.05) is 31.2 Å². The van der Waals surface area contributed by atoms with Crippen molar-refractivity contribution >= 4 is 5.91 Å². The van der Waals surface area contributed by atoms with Crippen LogP contribution in [0.1, 0.15) is 51.5 Å². The average Bonchev–Trinajstić information content (AvgIpc) is 2.40. The Labute approximate surface area is 116 Å². The molecular formula is C16H25NO2. The van der Waals surface area contributed by atoms with Crippen LogP contribution in [0.3, 0.4) is 0 Å². The number of rotatable bonds is 8. The van der Waals surface area contributed by atoms with E-state index in [1.54, 1.807) is 0 Å². The summed E-state index contributed by atoms with van der Waals surface area (Å²) >= 11 is 0. The first kappa shape index (κ1) is 15.5. The number of carbonyl (C=O) groups excluding carboxylic acids is 1. The second kappa shape index (κ2) is 7.82. The molecule has 2 atom stereocenters. The van der Waals surface area contributed by atoms with Crippen LogP contribution in [0.5, 0.6) is 5.75 Å². The number of hydrogen-bond acceptors (Lipinski definition) is 2. The number of ether oxygens (including phenoxy) is 1. The van der Waals surface area contributed by atoms with Crippen molar-refractivity contribution < 1.29 is 9.53 Å². The van der Waals surface area contributed by atoms with Crippen molar-refractivity contribution in [2.45, 2.75) is 46.0 Å². The van der Waals surface area contributed by atoms with Crippen LogP contribution >= 0.6 is 0 Å².